The van der Waals surface area contributed by atoms with E-state index in [0.29, 0.717) is 18.0 Å². The highest BCUT2D eigenvalue weighted by molar-refractivity contribution is 6.30. The number of halogens is 4. The lowest BCUT2D eigenvalue weighted by Crippen LogP contribution is -2.48. The molecule has 0 spiro atoms. The van der Waals surface area contributed by atoms with Crippen LogP contribution in [-0.2, 0) is 22.7 Å². The van der Waals surface area contributed by atoms with Crippen LogP contribution < -0.4 is 10.6 Å². The van der Waals surface area contributed by atoms with Gasteiger partial charge < -0.3 is 20.8 Å². The van der Waals surface area contributed by atoms with E-state index in [2.05, 4.69) is 15.7 Å². The number of piperidine rings is 1. The van der Waals surface area contributed by atoms with Gasteiger partial charge >= 0.3 is 12.1 Å². The number of nitrogens with one attached hydrogen (secondary N) is 2. The molecule has 0 saturated carbocycles. The van der Waals surface area contributed by atoms with Crippen molar-refractivity contribution >= 4 is 23.5 Å². The van der Waals surface area contributed by atoms with Gasteiger partial charge in [0.15, 0.2) is 0 Å². The molecule has 2 aromatic rings. The average molecular weight is 463 g/mol. The van der Waals surface area contributed by atoms with Crippen molar-refractivity contribution in [3.05, 3.63) is 46.7 Å². The highest BCUT2D eigenvalue weighted by Gasteiger charge is 2.38. The van der Waals surface area contributed by atoms with E-state index in [0.717, 1.165) is 24.1 Å². The Morgan fingerprint density at radius 3 is 2.68 bits per heavy atom. The number of carboxylic acid groups (broad SMARTS) is 1. The molecule has 1 saturated heterocycles. The summed E-state index contributed by atoms with van der Waals surface area (Å²) in [6, 6.07) is 4.92. The van der Waals surface area contributed by atoms with Crippen molar-refractivity contribution in [3.8, 4) is 5.75 Å². The number of rotatable bonds is 5. The molecule has 1 aromatic carbocycles. The summed E-state index contributed by atoms with van der Waals surface area (Å²) in [4.78, 5) is 20.7. The molecule has 2 atom stereocenters. The number of aromatic nitrogens is 2. The monoisotopic (exact) mass is 462 g/mol. The zero-order chi connectivity index (χ0) is 23.2. The third kappa shape index (κ3) is 7.14. The minimum atomic E-state index is -5.08. The molecule has 1 fully saturated rings. The van der Waals surface area contributed by atoms with Crippen LogP contribution in [0.2, 0.25) is 5.02 Å². The molecule has 31 heavy (non-hydrogen) atoms. The fourth-order valence-electron chi connectivity index (χ4n) is 2.98. The van der Waals surface area contributed by atoms with Crippen molar-refractivity contribution in [3.63, 3.8) is 0 Å². The Bertz CT molecular complexity index is 920. The van der Waals surface area contributed by atoms with Gasteiger partial charge in [0.2, 0.25) is 5.91 Å². The van der Waals surface area contributed by atoms with E-state index >= 15 is 0 Å². The number of carbonyl (C=O) groups excluding carboxylic acids is 1. The molecule has 0 aliphatic carbocycles. The highest BCUT2D eigenvalue weighted by Crippen LogP contribution is 2.26. The van der Waals surface area contributed by atoms with Crippen LogP contribution in [0.3, 0.4) is 0 Å². The molecule has 1 aromatic heterocycles. The molecule has 0 radical (unpaired) electrons. The topological polar surface area (TPSA) is 116 Å². The Hall–Kier alpha value is -2.79. The maximum atomic E-state index is 11.8. The van der Waals surface area contributed by atoms with Crippen LogP contribution in [0.1, 0.15) is 36.9 Å². The first-order valence-corrected chi connectivity index (χ1v) is 9.71. The van der Waals surface area contributed by atoms with Gasteiger partial charge in [-0.15, -0.1) is 0 Å². The number of aliphatic carboxylic acids is 1. The predicted molar refractivity (Wildman–Crippen MR) is 105 cm³/mol. The molecule has 1 aliphatic heterocycles. The average Bonchev–Trinajstić information content (AvgIpc) is 3.18. The number of alkyl halides is 3. The number of aromatic hydroxyl groups is 1. The normalized spacial score (nSPS) is 18.7. The van der Waals surface area contributed by atoms with Gasteiger partial charge in [0.05, 0.1) is 12.2 Å². The van der Waals surface area contributed by atoms with Crippen LogP contribution in [0, 0.1) is 0 Å². The van der Waals surface area contributed by atoms with Gasteiger partial charge in [-0.05, 0) is 31.5 Å². The second kappa shape index (κ2) is 10.5. The predicted octanol–water partition coefficient (Wildman–Crippen LogP) is 3.00. The smallest absolute Gasteiger partial charge is 0.490 e. The zero-order valence-electron chi connectivity index (χ0n) is 16.5. The van der Waals surface area contributed by atoms with Gasteiger partial charge in [0, 0.05) is 47.9 Å². The molecule has 12 heteroatoms. The second-order valence-electron chi connectivity index (χ2n) is 6.78. The van der Waals surface area contributed by atoms with Gasteiger partial charge in [-0.3, -0.25) is 9.48 Å². The maximum Gasteiger partial charge on any atom is 0.490 e. The first-order chi connectivity index (χ1) is 14.5. The van der Waals surface area contributed by atoms with Crippen LogP contribution >= 0.6 is 11.6 Å². The van der Waals surface area contributed by atoms with E-state index in [9.17, 15) is 23.1 Å². The summed E-state index contributed by atoms with van der Waals surface area (Å²) in [5.74, 6) is -2.50. The van der Waals surface area contributed by atoms with E-state index in [1.54, 1.807) is 24.4 Å². The first-order valence-electron chi connectivity index (χ1n) is 9.33. The molecule has 3 rings (SSSR count). The van der Waals surface area contributed by atoms with Crippen molar-refractivity contribution in [1.29, 1.82) is 0 Å². The minimum absolute atomic E-state index is 0.0490. The van der Waals surface area contributed by atoms with Gasteiger partial charge in [-0.25, -0.2) is 4.79 Å². The molecular formula is C19H22ClF3N4O4. The van der Waals surface area contributed by atoms with E-state index < -0.39 is 12.1 Å². The molecule has 0 unspecified atom stereocenters. The SMILES string of the molecule is CCn1cc([C@@H]2NC(=O)CC[C@H]2NCc2cc(Cl)ccc2O)cn1.O=C(O)C(F)(F)F. The fourth-order valence-corrected chi connectivity index (χ4v) is 3.18. The third-order valence-electron chi connectivity index (χ3n) is 4.58. The maximum absolute atomic E-state index is 11.8. The molecule has 170 valence electrons. The van der Waals surface area contributed by atoms with Gasteiger partial charge in [-0.2, -0.15) is 18.3 Å². The number of aryl methyl sites for hydroxylation is 1. The van der Waals surface area contributed by atoms with Gasteiger partial charge in [0.1, 0.15) is 5.75 Å². The Balaban J connectivity index is 0.000000423. The third-order valence-corrected chi connectivity index (χ3v) is 4.81. The summed E-state index contributed by atoms with van der Waals surface area (Å²) in [5, 5.41) is 28.4. The number of amides is 1. The lowest BCUT2D eigenvalue weighted by molar-refractivity contribution is -0.192. The van der Waals surface area contributed by atoms with E-state index in [1.165, 1.54) is 0 Å². The van der Waals surface area contributed by atoms with Gasteiger partial charge in [0.25, 0.3) is 0 Å². The van der Waals surface area contributed by atoms with Crippen LogP contribution in [-0.4, -0.2) is 44.1 Å². The van der Waals surface area contributed by atoms with Crippen molar-refractivity contribution in [2.75, 3.05) is 0 Å². The molecular weight excluding hydrogens is 441 g/mol. The summed E-state index contributed by atoms with van der Waals surface area (Å²) in [6.07, 6.45) is -0.111. The summed E-state index contributed by atoms with van der Waals surface area (Å²) in [6.45, 7) is 3.29. The number of benzene rings is 1. The first kappa shape index (κ1) is 24.5. The quantitative estimate of drug-likeness (QED) is 0.543. The summed E-state index contributed by atoms with van der Waals surface area (Å²) >= 11 is 5.99. The van der Waals surface area contributed by atoms with Gasteiger partial charge in [-0.1, -0.05) is 11.6 Å². The lowest BCUT2D eigenvalue weighted by atomic mass is 9.93. The number of carboxylic acids is 1. The van der Waals surface area contributed by atoms with E-state index in [4.69, 9.17) is 21.5 Å². The van der Waals surface area contributed by atoms with Crippen molar-refractivity contribution in [2.24, 2.45) is 0 Å². The second-order valence-corrected chi connectivity index (χ2v) is 7.21. The number of phenolic OH excluding ortho intramolecular Hbond substituents is 1. The van der Waals surface area contributed by atoms with E-state index in [-0.39, 0.29) is 23.7 Å². The molecule has 1 aliphatic rings. The van der Waals surface area contributed by atoms with Crippen molar-refractivity contribution in [2.45, 2.75) is 51.1 Å². The Kier molecular flexibility index (Phi) is 8.28. The number of hydrogen-bond acceptors (Lipinski definition) is 5. The lowest BCUT2D eigenvalue weighted by Gasteiger charge is -2.32. The van der Waals surface area contributed by atoms with Crippen molar-refractivity contribution < 1.29 is 33.0 Å². The molecule has 0 bridgehead atoms. The highest BCUT2D eigenvalue weighted by atomic mass is 35.5. The van der Waals surface area contributed by atoms with Crippen LogP contribution in [0.4, 0.5) is 13.2 Å². The largest absolute Gasteiger partial charge is 0.508 e. The number of hydrogen-bond donors (Lipinski definition) is 4. The van der Waals surface area contributed by atoms with Crippen LogP contribution in [0.15, 0.2) is 30.6 Å². The Labute approximate surface area is 181 Å². The van der Waals surface area contributed by atoms with Crippen LogP contribution in [0.25, 0.3) is 0 Å². The number of phenols is 1. The summed E-state index contributed by atoms with van der Waals surface area (Å²) in [7, 11) is 0. The Morgan fingerprint density at radius 2 is 2.10 bits per heavy atom. The summed E-state index contributed by atoms with van der Waals surface area (Å²) < 4.78 is 33.6. The minimum Gasteiger partial charge on any atom is -0.508 e. The number of carbonyl (C=O) groups is 2. The molecule has 8 nitrogen and oxygen atoms in total. The molecule has 2 heterocycles. The van der Waals surface area contributed by atoms with Crippen molar-refractivity contribution in [1.82, 2.24) is 20.4 Å². The zero-order valence-corrected chi connectivity index (χ0v) is 17.2. The fraction of sp³-hybridized carbons (Fsp3) is 0.421. The van der Waals surface area contributed by atoms with E-state index in [1.807, 2.05) is 17.8 Å². The standard InChI is InChI=1S/C17H21ClN4O2.C2HF3O2/c1-2-22-10-12(9-20-22)17-14(4-6-16(24)21-17)19-8-11-7-13(18)3-5-15(11)23;3-2(4,5)1(6)7/h3,5,7,9-10,14,17,19,23H,2,4,6,8H2,1H3,(H,21,24);(H,6,7)/t14-,17+;/m1./s1. The molecule has 1 amide bonds. The Morgan fingerprint density at radius 1 is 1.42 bits per heavy atom. The number of nitrogens with zero attached hydrogens (tertiary/aromatic N) is 2. The summed E-state index contributed by atoms with van der Waals surface area (Å²) in [5.41, 5.74) is 1.72. The van der Waals surface area contributed by atoms with Crippen LogP contribution in [0.5, 0.6) is 5.75 Å². The molecule has 4 N–H and O–H groups in total.